The maximum absolute atomic E-state index is 13.3. The summed E-state index contributed by atoms with van der Waals surface area (Å²) in [6, 6.07) is 24.7. The van der Waals surface area contributed by atoms with Crippen molar-refractivity contribution in [3.63, 3.8) is 0 Å². The van der Waals surface area contributed by atoms with E-state index in [0.29, 0.717) is 27.5 Å². The summed E-state index contributed by atoms with van der Waals surface area (Å²) in [5.74, 6) is -1.11. The highest BCUT2D eigenvalue weighted by Crippen LogP contribution is 2.34. The van der Waals surface area contributed by atoms with Gasteiger partial charge in [-0.05, 0) is 78.4 Å². The molecule has 226 valence electrons. The van der Waals surface area contributed by atoms with Crippen LogP contribution in [-0.2, 0) is 15.8 Å². The van der Waals surface area contributed by atoms with E-state index in [-0.39, 0.29) is 22.2 Å². The van der Waals surface area contributed by atoms with Crippen LogP contribution in [0.25, 0.3) is 6.08 Å². The second-order valence-electron chi connectivity index (χ2n) is 9.16. The number of amides is 3. The van der Waals surface area contributed by atoms with Crippen LogP contribution < -0.4 is 20.7 Å². The summed E-state index contributed by atoms with van der Waals surface area (Å²) in [5.41, 5.74) is 0.350. The molecule has 0 aliphatic carbocycles. The molecule has 0 bridgehead atoms. The van der Waals surface area contributed by atoms with Crippen LogP contribution in [0.5, 0.6) is 5.75 Å². The molecule has 0 radical (unpaired) electrons. The zero-order valence-electron chi connectivity index (χ0n) is 23.1. The SMILES string of the molecule is COc1cccc(/C=C(\NC(=O)c2ccccc2)C(=O)Nc2ccc(SCC(=O)Nc3cc(C(F)(F)F)ccc3Cl)cc2)c1. The smallest absolute Gasteiger partial charge is 0.416 e. The lowest BCUT2D eigenvalue weighted by Crippen LogP contribution is -2.30. The third-order valence-electron chi connectivity index (χ3n) is 5.98. The van der Waals surface area contributed by atoms with Gasteiger partial charge in [-0.1, -0.05) is 41.9 Å². The van der Waals surface area contributed by atoms with Crippen molar-refractivity contribution in [3.05, 3.63) is 124 Å². The standard InChI is InChI=1S/C32H25ClF3N3O4S/c1-43-24-9-5-6-20(16-24)17-28(39-30(41)21-7-3-2-4-8-21)31(42)37-23-11-13-25(14-12-23)44-19-29(40)38-27-18-22(32(34,35)36)10-15-26(27)33/h2-18H,19H2,1H3,(H,37,42)(H,38,40)(H,39,41)/b28-17-. The number of halogens is 4. The molecule has 0 saturated carbocycles. The first kappa shape index (κ1) is 32.2. The number of methoxy groups -OCH3 is 1. The summed E-state index contributed by atoms with van der Waals surface area (Å²) in [7, 11) is 1.52. The molecule has 0 atom stereocenters. The van der Waals surface area contributed by atoms with E-state index in [4.69, 9.17) is 16.3 Å². The van der Waals surface area contributed by atoms with Crippen LogP contribution >= 0.6 is 23.4 Å². The molecule has 4 aromatic carbocycles. The maximum Gasteiger partial charge on any atom is 0.416 e. The molecule has 0 aliphatic rings. The van der Waals surface area contributed by atoms with Crippen LogP contribution in [0.15, 0.2) is 108 Å². The van der Waals surface area contributed by atoms with E-state index in [1.165, 1.54) is 13.2 Å². The van der Waals surface area contributed by atoms with Crippen molar-refractivity contribution in [1.29, 1.82) is 0 Å². The van der Waals surface area contributed by atoms with Gasteiger partial charge in [0.25, 0.3) is 11.8 Å². The van der Waals surface area contributed by atoms with E-state index >= 15 is 0 Å². The van der Waals surface area contributed by atoms with E-state index in [9.17, 15) is 27.6 Å². The summed E-state index contributed by atoms with van der Waals surface area (Å²) < 4.78 is 44.3. The Kier molecular flexibility index (Phi) is 10.7. The molecule has 12 heteroatoms. The normalized spacial score (nSPS) is 11.4. The lowest BCUT2D eigenvalue weighted by Gasteiger charge is -2.12. The summed E-state index contributed by atoms with van der Waals surface area (Å²) >= 11 is 7.09. The highest BCUT2D eigenvalue weighted by atomic mass is 35.5. The van der Waals surface area contributed by atoms with Crippen molar-refractivity contribution in [2.75, 3.05) is 23.5 Å². The fourth-order valence-corrected chi connectivity index (χ4v) is 4.67. The fraction of sp³-hybridized carbons (Fsp3) is 0.0938. The highest BCUT2D eigenvalue weighted by Gasteiger charge is 2.31. The minimum Gasteiger partial charge on any atom is -0.497 e. The summed E-state index contributed by atoms with van der Waals surface area (Å²) in [4.78, 5) is 39.2. The van der Waals surface area contributed by atoms with Crippen molar-refractivity contribution >= 4 is 58.5 Å². The van der Waals surface area contributed by atoms with Crippen LogP contribution in [0, 0.1) is 0 Å². The monoisotopic (exact) mass is 639 g/mol. The van der Waals surface area contributed by atoms with Crippen molar-refractivity contribution in [2.24, 2.45) is 0 Å². The molecule has 44 heavy (non-hydrogen) atoms. The van der Waals surface area contributed by atoms with Gasteiger partial charge >= 0.3 is 6.18 Å². The predicted octanol–water partition coefficient (Wildman–Crippen LogP) is 7.51. The number of benzene rings is 4. The molecule has 0 saturated heterocycles. The lowest BCUT2D eigenvalue weighted by atomic mass is 10.1. The first-order chi connectivity index (χ1) is 21.0. The molecule has 0 unspecified atom stereocenters. The van der Waals surface area contributed by atoms with Gasteiger partial charge in [-0.15, -0.1) is 11.8 Å². The van der Waals surface area contributed by atoms with Crippen molar-refractivity contribution in [2.45, 2.75) is 11.1 Å². The van der Waals surface area contributed by atoms with E-state index in [2.05, 4.69) is 16.0 Å². The molecule has 3 N–H and O–H groups in total. The van der Waals surface area contributed by atoms with E-state index in [1.54, 1.807) is 78.9 Å². The topological polar surface area (TPSA) is 96.5 Å². The number of alkyl halides is 3. The predicted molar refractivity (Wildman–Crippen MR) is 166 cm³/mol. The van der Waals surface area contributed by atoms with E-state index in [0.717, 1.165) is 30.0 Å². The van der Waals surface area contributed by atoms with Crippen LogP contribution in [0.3, 0.4) is 0 Å². The second-order valence-corrected chi connectivity index (χ2v) is 10.6. The number of anilines is 2. The van der Waals surface area contributed by atoms with Gasteiger partial charge in [0.15, 0.2) is 0 Å². The molecule has 3 amide bonds. The molecule has 0 spiro atoms. The molecule has 4 rings (SSSR count). The molecule has 0 aliphatic heterocycles. The number of nitrogens with one attached hydrogen (secondary N) is 3. The number of ether oxygens (including phenoxy) is 1. The maximum atomic E-state index is 13.3. The molecular weight excluding hydrogens is 615 g/mol. The Bertz CT molecular complexity index is 1680. The molecule has 0 fully saturated rings. The quantitative estimate of drug-likeness (QED) is 0.123. The van der Waals surface area contributed by atoms with E-state index < -0.39 is 29.5 Å². The molecule has 7 nitrogen and oxygen atoms in total. The van der Waals surface area contributed by atoms with Gasteiger partial charge < -0.3 is 20.7 Å². The fourth-order valence-electron chi connectivity index (χ4n) is 3.81. The third-order valence-corrected chi connectivity index (χ3v) is 7.33. The highest BCUT2D eigenvalue weighted by molar-refractivity contribution is 8.00. The number of carbonyl (C=O) groups excluding carboxylic acids is 3. The second kappa shape index (κ2) is 14.6. The van der Waals surface area contributed by atoms with Crippen LogP contribution in [0.1, 0.15) is 21.5 Å². The number of hydrogen-bond acceptors (Lipinski definition) is 5. The Morgan fingerprint density at radius 2 is 1.61 bits per heavy atom. The molecule has 0 aromatic heterocycles. The van der Waals surface area contributed by atoms with Gasteiger partial charge in [0.1, 0.15) is 11.4 Å². The van der Waals surface area contributed by atoms with Crippen molar-refractivity contribution < 1.29 is 32.3 Å². The van der Waals surface area contributed by atoms with Crippen molar-refractivity contribution in [3.8, 4) is 5.75 Å². The zero-order valence-corrected chi connectivity index (χ0v) is 24.6. The first-order valence-electron chi connectivity index (χ1n) is 12.9. The summed E-state index contributed by atoms with van der Waals surface area (Å²) in [6.45, 7) is 0. The average Bonchev–Trinajstić information content (AvgIpc) is 3.01. The lowest BCUT2D eigenvalue weighted by molar-refractivity contribution is -0.137. The van der Waals surface area contributed by atoms with Gasteiger partial charge in [-0.25, -0.2) is 0 Å². The summed E-state index contributed by atoms with van der Waals surface area (Å²) in [6.07, 6.45) is -3.05. The number of hydrogen-bond donors (Lipinski definition) is 3. The van der Waals surface area contributed by atoms with Crippen LogP contribution in [0.2, 0.25) is 5.02 Å². The molecule has 0 heterocycles. The van der Waals surface area contributed by atoms with Crippen LogP contribution in [0.4, 0.5) is 24.5 Å². The first-order valence-corrected chi connectivity index (χ1v) is 14.3. The van der Waals surface area contributed by atoms with Gasteiger partial charge in [0.05, 0.1) is 29.1 Å². The van der Waals surface area contributed by atoms with Gasteiger partial charge in [0, 0.05) is 16.1 Å². The Labute approximate surface area is 260 Å². The zero-order chi connectivity index (χ0) is 31.7. The minimum absolute atomic E-state index is 0.00418. The largest absolute Gasteiger partial charge is 0.497 e. The number of carbonyl (C=O) groups is 3. The Morgan fingerprint density at radius 3 is 2.30 bits per heavy atom. The number of rotatable bonds is 10. The molecular formula is C32H25ClF3N3O4S. The van der Waals surface area contributed by atoms with Gasteiger partial charge in [-0.3, -0.25) is 14.4 Å². The molecule has 4 aromatic rings. The third kappa shape index (κ3) is 9.13. The minimum atomic E-state index is -4.57. The Hall–Kier alpha value is -4.74. The summed E-state index contributed by atoms with van der Waals surface area (Å²) in [5, 5.41) is 7.80. The Balaban J connectivity index is 1.41. The van der Waals surface area contributed by atoms with Gasteiger partial charge in [-0.2, -0.15) is 13.2 Å². The van der Waals surface area contributed by atoms with Gasteiger partial charge in [0.2, 0.25) is 5.91 Å². The van der Waals surface area contributed by atoms with E-state index in [1.807, 2.05) is 0 Å². The van der Waals surface area contributed by atoms with Crippen molar-refractivity contribution in [1.82, 2.24) is 5.32 Å². The van der Waals surface area contributed by atoms with Crippen LogP contribution in [-0.4, -0.2) is 30.6 Å². The Morgan fingerprint density at radius 1 is 0.886 bits per heavy atom. The number of thioether (sulfide) groups is 1. The average molecular weight is 640 g/mol.